The van der Waals surface area contributed by atoms with Crippen molar-refractivity contribution in [3.05, 3.63) is 19.1 Å². The third-order valence-corrected chi connectivity index (χ3v) is 2.16. The summed E-state index contributed by atoms with van der Waals surface area (Å²) in [4.78, 5) is 0. The van der Waals surface area contributed by atoms with Crippen molar-refractivity contribution >= 4 is 0 Å². The van der Waals surface area contributed by atoms with Crippen LogP contribution in [0.1, 0.15) is 47.5 Å². The second-order valence-corrected chi connectivity index (χ2v) is 4.61. The summed E-state index contributed by atoms with van der Waals surface area (Å²) in [5.74, 6) is 0. The van der Waals surface area contributed by atoms with Crippen LogP contribution >= 0.6 is 0 Å². The van der Waals surface area contributed by atoms with Gasteiger partial charge in [-0.2, -0.15) is 0 Å². The van der Waals surface area contributed by atoms with E-state index in [-0.39, 0.29) is 24.4 Å². The van der Waals surface area contributed by atoms with Crippen LogP contribution in [0.3, 0.4) is 0 Å². The molecule has 0 rings (SSSR count). The van der Waals surface area contributed by atoms with Gasteiger partial charge in [-0.15, -0.1) is 0 Å². The standard InChI is InChI=1S/C14H27O2/c1-7-8-9-10-14(16-12(4)5)13(6)15-11(2)3/h8-9,11-14H,1,7,10H2,2-6H3. The molecule has 0 bridgehead atoms. The van der Waals surface area contributed by atoms with E-state index in [2.05, 4.69) is 53.7 Å². The molecule has 0 aliphatic carbocycles. The molecule has 0 fully saturated rings. The molecule has 0 saturated heterocycles. The summed E-state index contributed by atoms with van der Waals surface area (Å²) in [5.41, 5.74) is 0. The van der Waals surface area contributed by atoms with E-state index in [0.29, 0.717) is 0 Å². The van der Waals surface area contributed by atoms with Gasteiger partial charge >= 0.3 is 0 Å². The Hall–Kier alpha value is -0.340. The fraction of sp³-hybridized carbons (Fsp3) is 0.786. The summed E-state index contributed by atoms with van der Waals surface area (Å²) in [6.45, 7) is 14.1. The van der Waals surface area contributed by atoms with Gasteiger partial charge in [-0.3, -0.25) is 0 Å². The zero-order chi connectivity index (χ0) is 12.6. The van der Waals surface area contributed by atoms with Crippen LogP contribution in [-0.4, -0.2) is 24.4 Å². The summed E-state index contributed by atoms with van der Waals surface area (Å²) in [7, 11) is 0. The maximum absolute atomic E-state index is 5.86. The maximum Gasteiger partial charge on any atom is 0.0871 e. The third-order valence-electron chi connectivity index (χ3n) is 2.16. The van der Waals surface area contributed by atoms with E-state index >= 15 is 0 Å². The van der Waals surface area contributed by atoms with E-state index in [4.69, 9.17) is 9.47 Å². The predicted molar refractivity (Wildman–Crippen MR) is 69.4 cm³/mol. The molecular formula is C14H27O2. The monoisotopic (exact) mass is 227 g/mol. The minimum atomic E-state index is 0.122. The molecule has 0 aliphatic heterocycles. The van der Waals surface area contributed by atoms with Crippen LogP contribution in [0.5, 0.6) is 0 Å². The van der Waals surface area contributed by atoms with E-state index < -0.39 is 0 Å². The first-order valence-electron chi connectivity index (χ1n) is 6.22. The van der Waals surface area contributed by atoms with Gasteiger partial charge in [0.25, 0.3) is 0 Å². The number of hydrogen-bond acceptors (Lipinski definition) is 2. The molecule has 2 heteroatoms. The fourth-order valence-corrected chi connectivity index (χ4v) is 1.57. The molecule has 16 heavy (non-hydrogen) atoms. The molecule has 0 aromatic rings. The van der Waals surface area contributed by atoms with Crippen LogP contribution in [0.25, 0.3) is 0 Å². The largest absolute Gasteiger partial charge is 0.373 e. The smallest absolute Gasteiger partial charge is 0.0871 e. The summed E-state index contributed by atoms with van der Waals surface area (Å²) >= 11 is 0. The van der Waals surface area contributed by atoms with Gasteiger partial charge in [-0.05, 0) is 54.4 Å². The Labute approximate surface area is 101 Å². The van der Waals surface area contributed by atoms with Gasteiger partial charge in [-0.1, -0.05) is 12.2 Å². The lowest BCUT2D eigenvalue weighted by Crippen LogP contribution is -2.32. The average molecular weight is 227 g/mol. The van der Waals surface area contributed by atoms with Crippen molar-refractivity contribution in [2.75, 3.05) is 0 Å². The molecule has 0 saturated carbocycles. The quantitative estimate of drug-likeness (QED) is 0.588. The molecule has 0 spiro atoms. The lowest BCUT2D eigenvalue weighted by atomic mass is 10.1. The molecule has 0 N–H and O–H groups in total. The maximum atomic E-state index is 5.86. The minimum Gasteiger partial charge on any atom is -0.373 e. The number of allylic oxidation sites excluding steroid dienone is 1. The molecule has 0 aromatic carbocycles. The highest BCUT2D eigenvalue weighted by Gasteiger charge is 2.19. The van der Waals surface area contributed by atoms with Gasteiger partial charge in [-0.25, -0.2) is 0 Å². The van der Waals surface area contributed by atoms with Gasteiger partial charge in [0.2, 0.25) is 0 Å². The summed E-state index contributed by atoms with van der Waals surface area (Å²) in [6.07, 6.45) is 6.64. The molecule has 2 unspecified atom stereocenters. The van der Waals surface area contributed by atoms with Crippen molar-refractivity contribution in [3.63, 3.8) is 0 Å². The first kappa shape index (κ1) is 15.7. The first-order valence-corrected chi connectivity index (χ1v) is 6.22. The highest BCUT2D eigenvalue weighted by atomic mass is 16.5. The van der Waals surface area contributed by atoms with Crippen molar-refractivity contribution in [1.29, 1.82) is 0 Å². The van der Waals surface area contributed by atoms with Crippen LogP contribution in [-0.2, 0) is 9.47 Å². The molecule has 0 heterocycles. The Morgan fingerprint density at radius 3 is 1.94 bits per heavy atom. The predicted octanol–water partition coefficient (Wildman–Crippen LogP) is 3.76. The van der Waals surface area contributed by atoms with Crippen molar-refractivity contribution in [3.8, 4) is 0 Å². The first-order chi connectivity index (χ1) is 7.47. The second kappa shape index (κ2) is 8.77. The van der Waals surface area contributed by atoms with Crippen LogP contribution in [0.4, 0.5) is 0 Å². The molecule has 95 valence electrons. The van der Waals surface area contributed by atoms with E-state index in [1.54, 1.807) is 0 Å². The molecule has 0 aromatic heterocycles. The van der Waals surface area contributed by atoms with Gasteiger partial charge in [0.1, 0.15) is 0 Å². The zero-order valence-electron chi connectivity index (χ0n) is 11.4. The summed E-state index contributed by atoms with van der Waals surface area (Å²) in [5, 5.41) is 0. The van der Waals surface area contributed by atoms with Gasteiger partial charge in [0, 0.05) is 0 Å². The molecule has 2 atom stereocenters. The highest BCUT2D eigenvalue weighted by molar-refractivity contribution is 4.87. The zero-order valence-corrected chi connectivity index (χ0v) is 11.4. The van der Waals surface area contributed by atoms with E-state index in [0.717, 1.165) is 12.8 Å². The third kappa shape index (κ3) is 7.89. The van der Waals surface area contributed by atoms with Crippen LogP contribution in [0.2, 0.25) is 0 Å². The van der Waals surface area contributed by atoms with Crippen molar-refractivity contribution in [2.45, 2.75) is 71.9 Å². The van der Waals surface area contributed by atoms with Gasteiger partial charge in [0.15, 0.2) is 0 Å². The van der Waals surface area contributed by atoms with Crippen molar-refractivity contribution < 1.29 is 9.47 Å². The number of hydrogen-bond donors (Lipinski definition) is 0. The van der Waals surface area contributed by atoms with Crippen LogP contribution in [0, 0.1) is 6.92 Å². The summed E-state index contributed by atoms with van der Waals surface area (Å²) < 4.78 is 11.6. The molecular weight excluding hydrogens is 200 g/mol. The van der Waals surface area contributed by atoms with Crippen molar-refractivity contribution in [1.82, 2.24) is 0 Å². The Bertz CT molecular complexity index is 185. The van der Waals surface area contributed by atoms with E-state index in [9.17, 15) is 0 Å². The number of ether oxygens (including phenoxy) is 2. The average Bonchev–Trinajstić information content (AvgIpc) is 2.14. The Kier molecular flexibility index (Phi) is 8.58. The van der Waals surface area contributed by atoms with Crippen LogP contribution in [0.15, 0.2) is 12.2 Å². The molecule has 0 amide bonds. The second-order valence-electron chi connectivity index (χ2n) is 4.61. The number of rotatable bonds is 8. The van der Waals surface area contributed by atoms with Crippen molar-refractivity contribution in [2.24, 2.45) is 0 Å². The molecule has 1 radical (unpaired) electrons. The lowest BCUT2D eigenvalue weighted by Gasteiger charge is -2.27. The Morgan fingerprint density at radius 1 is 0.938 bits per heavy atom. The Balaban J connectivity index is 4.22. The van der Waals surface area contributed by atoms with Crippen LogP contribution < -0.4 is 0 Å². The van der Waals surface area contributed by atoms with E-state index in [1.165, 1.54) is 0 Å². The summed E-state index contributed by atoms with van der Waals surface area (Å²) in [6, 6.07) is 0. The molecule has 2 nitrogen and oxygen atoms in total. The normalized spacial score (nSPS) is 16.2. The van der Waals surface area contributed by atoms with Gasteiger partial charge in [0.05, 0.1) is 24.4 Å². The topological polar surface area (TPSA) is 18.5 Å². The lowest BCUT2D eigenvalue weighted by molar-refractivity contribution is -0.101. The van der Waals surface area contributed by atoms with Gasteiger partial charge < -0.3 is 9.47 Å². The fourth-order valence-electron chi connectivity index (χ4n) is 1.57. The SMILES string of the molecule is [CH2]CC=CCC(OC(C)C)C(C)OC(C)C. The minimum absolute atomic E-state index is 0.122. The molecule has 0 aliphatic rings. The highest BCUT2D eigenvalue weighted by Crippen LogP contribution is 2.13. The van der Waals surface area contributed by atoms with E-state index in [1.807, 2.05) is 0 Å². The Morgan fingerprint density at radius 2 is 1.50 bits per heavy atom.